The number of para-hydroxylation sites is 1. The maximum absolute atomic E-state index is 11.1. The molecule has 2 aromatic carbocycles. The summed E-state index contributed by atoms with van der Waals surface area (Å²) in [5, 5.41) is 20.9. The average Bonchev–Trinajstić information content (AvgIpc) is 2.43. The van der Waals surface area contributed by atoms with Crippen LogP contribution in [0.15, 0.2) is 42.5 Å². The fourth-order valence-corrected chi connectivity index (χ4v) is 3.20. The number of hydrogen-bond acceptors (Lipinski definition) is 4. The Labute approximate surface area is 140 Å². The summed E-state index contributed by atoms with van der Waals surface area (Å²) < 4.78 is 28.8. The topological polar surface area (TPSA) is 127 Å². The van der Waals surface area contributed by atoms with E-state index in [2.05, 4.69) is 5.32 Å². The minimum absolute atomic E-state index is 0.225. The van der Waals surface area contributed by atoms with Crippen molar-refractivity contribution in [3.8, 4) is 11.5 Å². The third-order valence-electron chi connectivity index (χ3n) is 2.46. The van der Waals surface area contributed by atoms with Gasteiger partial charge < -0.3 is 5.11 Å². The molecule has 9 heteroatoms. The number of rotatable bonds is 2. The maximum Gasteiger partial charge on any atom is 0.115 e. The molecule has 0 spiro atoms. The number of carbonyl (C=O) groups excluding carboxylic acids is 1. The van der Waals surface area contributed by atoms with Crippen molar-refractivity contribution in [3.05, 3.63) is 47.5 Å². The van der Waals surface area contributed by atoms with Crippen molar-refractivity contribution in [1.29, 1.82) is 0 Å². The zero-order valence-electron chi connectivity index (χ0n) is 12.0. The van der Waals surface area contributed by atoms with E-state index >= 15 is 0 Å². The normalized spacial score (nSPS) is 10.4. The summed E-state index contributed by atoms with van der Waals surface area (Å²) in [6.45, 7) is 1.18. The van der Waals surface area contributed by atoms with Crippen LogP contribution in [-0.4, -0.2) is 38.5 Å². The number of benzene rings is 2. The molecular weight excluding hydrogens is 389 g/mol. The van der Waals surface area contributed by atoms with Gasteiger partial charge in [0.2, 0.25) is 0 Å². The first-order valence-electron chi connectivity index (χ1n) is 6.21. The molecule has 1 amide bonds. The van der Waals surface area contributed by atoms with E-state index in [0.29, 0.717) is 5.02 Å². The number of phenolic OH excluding ortho intramolecular Hbond substituents is 2. The van der Waals surface area contributed by atoms with Crippen LogP contribution in [0.4, 0.5) is 5.69 Å². The Morgan fingerprint density at radius 1 is 1.09 bits per heavy atom. The minimum atomic E-state index is -5.14. The second-order valence-electron chi connectivity index (χ2n) is 4.37. The number of phenols is 2. The average molecular weight is 404 g/mol. The van der Waals surface area contributed by atoms with E-state index in [4.69, 9.17) is 24.9 Å². The van der Waals surface area contributed by atoms with Gasteiger partial charge in [-0.2, -0.15) is 0 Å². The van der Waals surface area contributed by atoms with Crippen LogP contribution < -0.4 is 9.67 Å². The van der Waals surface area contributed by atoms with E-state index in [1.54, 1.807) is 24.3 Å². The van der Waals surface area contributed by atoms with Gasteiger partial charge in [-0.25, -0.2) is 0 Å². The van der Waals surface area contributed by atoms with Crippen LogP contribution in [0.2, 0.25) is 5.02 Å². The van der Waals surface area contributed by atoms with Crippen molar-refractivity contribution < 1.29 is 26.9 Å². The smallest absolute Gasteiger partial charge is 0.115 e. The fraction of sp³-hybridized carbons (Fsp3) is 0.0714. The van der Waals surface area contributed by atoms with Crippen LogP contribution >= 0.6 is 11.6 Å². The molecule has 0 unspecified atom stereocenters. The second kappa shape index (κ2) is 8.08. The molecular formula is C14H15AsClNO6. The second-order valence-corrected chi connectivity index (χ2v) is 8.10. The molecule has 0 saturated carbocycles. The molecule has 0 aliphatic rings. The molecule has 0 aliphatic carbocycles. The van der Waals surface area contributed by atoms with E-state index in [-0.39, 0.29) is 21.5 Å². The fourth-order valence-electron chi connectivity index (χ4n) is 1.52. The molecule has 2 rings (SSSR count). The van der Waals surface area contributed by atoms with Gasteiger partial charge in [-0.3, -0.25) is 0 Å². The first kappa shape index (κ1) is 19.1. The number of carbonyl (C=O) groups is 1. The predicted octanol–water partition coefficient (Wildman–Crippen LogP) is 0.957. The zero-order valence-corrected chi connectivity index (χ0v) is 14.6. The van der Waals surface area contributed by atoms with Crippen molar-refractivity contribution in [2.24, 2.45) is 0 Å². The Balaban J connectivity index is 0.000000277. The standard InChI is InChI=1S/C8H10AsNO5.C6H5ClO/c1-5(11)10-8-6(9(13,14)15)3-2-4-7(8)12;7-5-1-3-6(8)4-2-5/h2-4,12H,1H3,(H,10,11)(H2,13,14,15);1-4,8H. The summed E-state index contributed by atoms with van der Waals surface area (Å²) in [6, 6.07) is 10.1. The van der Waals surface area contributed by atoms with Crippen molar-refractivity contribution >= 4 is 41.7 Å². The van der Waals surface area contributed by atoms with E-state index in [1.807, 2.05) is 0 Å². The van der Waals surface area contributed by atoms with E-state index in [1.165, 1.54) is 25.1 Å². The SMILES string of the molecule is CC(=O)Nc1c(O)cccc1[As](=O)(O)O.Oc1ccc(Cl)cc1. The van der Waals surface area contributed by atoms with Gasteiger partial charge in [0.25, 0.3) is 0 Å². The summed E-state index contributed by atoms with van der Waals surface area (Å²) in [7, 11) is 0. The third-order valence-corrected chi connectivity index (χ3v) is 4.81. The quantitative estimate of drug-likeness (QED) is 0.375. The molecule has 0 bridgehead atoms. The summed E-state index contributed by atoms with van der Waals surface area (Å²) in [5.41, 5.74) is -0.225. The number of halogens is 1. The number of hydrogen-bond donors (Lipinski definition) is 5. The van der Waals surface area contributed by atoms with Crippen LogP contribution in [0.5, 0.6) is 11.5 Å². The molecule has 0 aliphatic heterocycles. The molecule has 0 heterocycles. The van der Waals surface area contributed by atoms with Crippen molar-refractivity contribution in [3.63, 3.8) is 0 Å². The Morgan fingerprint density at radius 2 is 1.65 bits per heavy atom. The number of anilines is 1. The summed E-state index contributed by atoms with van der Waals surface area (Å²) in [5.74, 6) is -0.636. The van der Waals surface area contributed by atoms with Gasteiger partial charge in [0.05, 0.1) is 0 Å². The molecule has 7 nitrogen and oxygen atoms in total. The van der Waals surface area contributed by atoms with Gasteiger partial charge >= 0.3 is 88.1 Å². The zero-order chi connectivity index (χ0) is 17.6. The monoisotopic (exact) mass is 403 g/mol. The molecule has 2 aromatic rings. The molecule has 5 N–H and O–H groups in total. The molecule has 23 heavy (non-hydrogen) atoms. The molecule has 0 saturated heterocycles. The van der Waals surface area contributed by atoms with Gasteiger partial charge in [-0.15, -0.1) is 0 Å². The number of aromatic hydroxyl groups is 2. The third kappa shape index (κ3) is 6.38. The van der Waals surface area contributed by atoms with Crippen LogP contribution in [-0.2, 0) is 8.53 Å². The maximum atomic E-state index is 11.1. The van der Waals surface area contributed by atoms with Crippen molar-refractivity contribution in [2.45, 2.75) is 6.92 Å². The molecule has 0 radical (unpaired) electrons. The largest absolute Gasteiger partial charge is 0.508 e. The molecule has 124 valence electrons. The summed E-state index contributed by atoms with van der Waals surface area (Å²) >= 11 is 0.359. The predicted molar refractivity (Wildman–Crippen MR) is 86.0 cm³/mol. The van der Waals surface area contributed by atoms with Crippen molar-refractivity contribution in [2.75, 3.05) is 5.32 Å². The first-order chi connectivity index (χ1) is 10.6. The Kier molecular flexibility index (Phi) is 6.72. The van der Waals surface area contributed by atoms with Gasteiger partial charge in [0.1, 0.15) is 5.75 Å². The van der Waals surface area contributed by atoms with Crippen LogP contribution in [0.3, 0.4) is 0 Å². The summed E-state index contributed by atoms with van der Waals surface area (Å²) in [4.78, 5) is 10.8. The minimum Gasteiger partial charge on any atom is -0.508 e. The van der Waals surface area contributed by atoms with Gasteiger partial charge in [0, 0.05) is 5.02 Å². The molecule has 0 fully saturated rings. The Hall–Kier alpha value is -1.92. The summed E-state index contributed by atoms with van der Waals surface area (Å²) in [6.07, 6.45) is 0. The van der Waals surface area contributed by atoms with Crippen LogP contribution in [0, 0.1) is 0 Å². The molecule has 0 aromatic heterocycles. The first-order valence-corrected chi connectivity index (χ1v) is 9.97. The molecule has 0 atom stereocenters. The van der Waals surface area contributed by atoms with Crippen LogP contribution in [0.25, 0.3) is 0 Å². The Morgan fingerprint density at radius 3 is 2.09 bits per heavy atom. The van der Waals surface area contributed by atoms with Gasteiger partial charge in [-0.1, -0.05) is 11.6 Å². The van der Waals surface area contributed by atoms with E-state index in [0.717, 1.165) is 0 Å². The number of nitrogens with one attached hydrogen (secondary N) is 1. The Bertz CT molecular complexity index is 708. The van der Waals surface area contributed by atoms with Crippen LogP contribution in [0.1, 0.15) is 6.92 Å². The van der Waals surface area contributed by atoms with Crippen molar-refractivity contribution in [1.82, 2.24) is 0 Å². The van der Waals surface area contributed by atoms with E-state index in [9.17, 15) is 13.6 Å². The van der Waals surface area contributed by atoms with E-state index < -0.39 is 20.1 Å². The van der Waals surface area contributed by atoms with Gasteiger partial charge in [0.15, 0.2) is 0 Å². The number of amides is 1. The van der Waals surface area contributed by atoms with Gasteiger partial charge in [-0.05, 0) is 24.3 Å².